The number of hydrogen-bond acceptors (Lipinski definition) is 4. The summed E-state index contributed by atoms with van der Waals surface area (Å²) in [5.74, 6) is -1.85. The van der Waals surface area contributed by atoms with Crippen LogP contribution >= 0.6 is 12.4 Å². The fourth-order valence-electron chi connectivity index (χ4n) is 2.06. The van der Waals surface area contributed by atoms with E-state index in [-0.39, 0.29) is 29.9 Å². The van der Waals surface area contributed by atoms with Crippen LogP contribution in [0.4, 0.5) is 13.2 Å². The number of rotatable bonds is 6. The quantitative estimate of drug-likeness (QED) is 0.813. The molecule has 10 heteroatoms. The largest absolute Gasteiger partial charge is 0.432 e. The van der Waals surface area contributed by atoms with Crippen molar-refractivity contribution in [1.29, 1.82) is 0 Å². The molecule has 1 aliphatic heterocycles. The third-order valence-electron chi connectivity index (χ3n) is 3.11. The van der Waals surface area contributed by atoms with Crippen LogP contribution < -0.4 is 14.8 Å². The van der Waals surface area contributed by atoms with E-state index >= 15 is 0 Å². The first kappa shape index (κ1) is 19.0. The van der Waals surface area contributed by atoms with Crippen molar-refractivity contribution in [2.75, 3.05) is 13.1 Å². The summed E-state index contributed by atoms with van der Waals surface area (Å²) in [6, 6.07) is 2.59. The SMILES string of the molecule is Cl.O=S(=O)(NCC1CCCN1)c1ccc(OC(F)F)c(F)c1. The van der Waals surface area contributed by atoms with Gasteiger partial charge in [0.2, 0.25) is 10.0 Å². The Balaban J connectivity index is 0.00000242. The van der Waals surface area contributed by atoms with Crippen molar-refractivity contribution in [2.45, 2.75) is 30.4 Å². The highest BCUT2D eigenvalue weighted by molar-refractivity contribution is 7.89. The molecule has 0 saturated carbocycles. The van der Waals surface area contributed by atoms with Crippen LogP contribution in [0.25, 0.3) is 0 Å². The second-order valence-electron chi connectivity index (χ2n) is 4.62. The van der Waals surface area contributed by atoms with E-state index in [1.165, 1.54) is 0 Å². The predicted octanol–water partition coefficient (Wildman–Crippen LogP) is 1.88. The average molecular weight is 361 g/mol. The molecule has 5 nitrogen and oxygen atoms in total. The molecular weight excluding hydrogens is 345 g/mol. The van der Waals surface area contributed by atoms with Gasteiger partial charge in [0.25, 0.3) is 0 Å². The molecule has 1 aromatic carbocycles. The standard InChI is InChI=1S/C12H15F3N2O3S.ClH/c13-10-6-9(3-4-11(10)20-12(14)15)21(18,19)17-7-8-2-1-5-16-8;/h3-4,6,8,12,16-17H,1-2,5,7H2;1H. The summed E-state index contributed by atoms with van der Waals surface area (Å²) in [5.41, 5.74) is 0. The Morgan fingerprint density at radius 1 is 1.41 bits per heavy atom. The number of benzene rings is 1. The molecule has 0 amide bonds. The van der Waals surface area contributed by atoms with Crippen LogP contribution in [0.5, 0.6) is 5.75 Å². The van der Waals surface area contributed by atoms with E-state index in [0.717, 1.165) is 31.5 Å². The van der Waals surface area contributed by atoms with Crippen LogP contribution in [0.2, 0.25) is 0 Å². The molecular formula is C12H16ClF3N2O3S. The van der Waals surface area contributed by atoms with Gasteiger partial charge in [-0.1, -0.05) is 0 Å². The first-order valence-electron chi connectivity index (χ1n) is 6.36. The minimum absolute atomic E-state index is 0. The summed E-state index contributed by atoms with van der Waals surface area (Å²) in [6.45, 7) is -2.14. The molecule has 1 aliphatic rings. The highest BCUT2D eigenvalue weighted by Crippen LogP contribution is 2.22. The highest BCUT2D eigenvalue weighted by atomic mass is 35.5. The normalized spacial score (nSPS) is 18.3. The molecule has 22 heavy (non-hydrogen) atoms. The fraction of sp³-hybridized carbons (Fsp3) is 0.500. The lowest BCUT2D eigenvalue weighted by molar-refractivity contribution is -0.0522. The number of hydrogen-bond donors (Lipinski definition) is 2. The lowest BCUT2D eigenvalue weighted by Gasteiger charge is -2.12. The van der Waals surface area contributed by atoms with Crippen LogP contribution in [0.1, 0.15) is 12.8 Å². The molecule has 0 aliphatic carbocycles. The zero-order chi connectivity index (χ0) is 15.5. The molecule has 1 heterocycles. The minimum atomic E-state index is -3.89. The molecule has 0 radical (unpaired) electrons. The Morgan fingerprint density at radius 2 is 2.14 bits per heavy atom. The maximum Gasteiger partial charge on any atom is 0.387 e. The topological polar surface area (TPSA) is 67.4 Å². The van der Waals surface area contributed by atoms with Crippen molar-refractivity contribution in [3.05, 3.63) is 24.0 Å². The Hall–Kier alpha value is -1.03. The van der Waals surface area contributed by atoms with Crippen molar-refractivity contribution in [2.24, 2.45) is 0 Å². The Bertz CT molecular complexity index is 595. The van der Waals surface area contributed by atoms with Crippen LogP contribution in [0.3, 0.4) is 0 Å². The van der Waals surface area contributed by atoms with E-state index in [1.54, 1.807) is 0 Å². The first-order valence-corrected chi connectivity index (χ1v) is 7.84. The van der Waals surface area contributed by atoms with Gasteiger partial charge in [-0.15, -0.1) is 12.4 Å². The van der Waals surface area contributed by atoms with Crippen molar-refractivity contribution in [3.63, 3.8) is 0 Å². The molecule has 2 rings (SSSR count). The van der Waals surface area contributed by atoms with Crippen LogP contribution in [-0.4, -0.2) is 34.2 Å². The number of nitrogens with one attached hydrogen (secondary N) is 2. The average Bonchev–Trinajstić information content (AvgIpc) is 2.91. The maximum atomic E-state index is 13.5. The van der Waals surface area contributed by atoms with Gasteiger partial charge in [-0.2, -0.15) is 8.78 Å². The second kappa shape index (κ2) is 8.00. The summed E-state index contributed by atoms with van der Waals surface area (Å²) < 4.78 is 67.8. The van der Waals surface area contributed by atoms with Crippen molar-refractivity contribution in [3.8, 4) is 5.75 Å². The van der Waals surface area contributed by atoms with Crippen LogP contribution in [0.15, 0.2) is 23.1 Å². The zero-order valence-corrected chi connectivity index (χ0v) is 13.0. The molecule has 0 bridgehead atoms. The smallest absolute Gasteiger partial charge is 0.387 e. The van der Waals surface area contributed by atoms with E-state index in [1.807, 2.05) is 0 Å². The number of alkyl halides is 2. The van der Waals surface area contributed by atoms with Gasteiger partial charge in [0.15, 0.2) is 11.6 Å². The monoisotopic (exact) mass is 360 g/mol. The molecule has 126 valence electrons. The van der Waals surface area contributed by atoms with Crippen molar-refractivity contribution >= 4 is 22.4 Å². The van der Waals surface area contributed by atoms with Gasteiger partial charge in [0, 0.05) is 12.6 Å². The summed E-state index contributed by atoms with van der Waals surface area (Å²) in [7, 11) is -3.89. The van der Waals surface area contributed by atoms with Crippen molar-refractivity contribution in [1.82, 2.24) is 10.0 Å². The molecule has 1 fully saturated rings. The summed E-state index contributed by atoms with van der Waals surface area (Å²) >= 11 is 0. The predicted molar refractivity (Wildman–Crippen MR) is 76.5 cm³/mol. The van der Waals surface area contributed by atoms with Gasteiger partial charge >= 0.3 is 6.61 Å². The van der Waals surface area contributed by atoms with Gasteiger partial charge in [0.1, 0.15) is 0 Å². The van der Waals surface area contributed by atoms with Crippen LogP contribution in [0, 0.1) is 5.82 Å². The van der Waals surface area contributed by atoms with Gasteiger partial charge in [-0.05, 0) is 37.6 Å². The van der Waals surface area contributed by atoms with Crippen molar-refractivity contribution < 1.29 is 26.3 Å². The van der Waals surface area contributed by atoms with E-state index in [2.05, 4.69) is 14.8 Å². The number of halogens is 4. The lowest BCUT2D eigenvalue weighted by atomic mass is 10.2. The lowest BCUT2D eigenvalue weighted by Crippen LogP contribution is -2.37. The van der Waals surface area contributed by atoms with Gasteiger partial charge in [-0.3, -0.25) is 0 Å². The van der Waals surface area contributed by atoms with Gasteiger partial charge in [-0.25, -0.2) is 17.5 Å². The molecule has 2 N–H and O–H groups in total. The molecule has 1 saturated heterocycles. The zero-order valence-electron chi connectivity index (χ0n) is 11.4. The van der Waals surface area contributed by atoms with E-state index in [9.17, 15) is 21.6 Å². The second-order valence-corrected chi connectivity index (χ2v) is 6.38. The minimum Gasteiger partial charge on any atom is -0.432 e. The maximum absolute atomic E-state index is 13.5. The molecule has 1 unspecified atom stereocenters. The summed E-state index contributed by atoms with van der Waals surface area (Å²) in [5, 5.41) is 3.12. The summed E-state index contributed by atoms with van der Waals surface area (Å²) in [6.07, 6.45) is 1.83. The van der Waals surface area contributed by atoms with Gasteiger partial charge < -0.3 is 10.1 Å². The number of ether oxygens (including phenoxy) is 1. The third kappa shape index (κ3) is 5.01. The van der Waals surface area contributed by atoms with E-state index in [0.29, 0.717) is 6.07 Å². The summed E-state index contributed by atoms with van der Waals surface area (Å²) in [4.78, 5) is -0.334. The highest BCUT2D eigenvalue weighted by Gasteiger charge is 2.21. The molecule has 1 aromatic rings. The molecule has 0 aromatic heterocycles. The Kier molecular flexibility index (Phi) is 6.92. The Morgan fingerprint density at radius 3 is 2.68 bits per heavy atom. The third-order valence-corrected chi connectivity index (χ3v) is 4.53. The first-order chi connectivity index (χ1) is 9.88. The number of sulfonamides is 1. The molecule has 0 spiro atoms. The van der Waals surface area contributed by atoms with Crippen LogP contribution in [-0.2, 0) is 10.0 Å². The Labute approximate surface area is 132 Å². The fourth-order valence-corrected chi connectivity index (χ4v) is 3.16. The van der Waals surface area contributed by atoms with Gasteiger partial charge in [0.05, 0.1) is 4.90 Å². The van der Waals surface area contributed by atoms with E-state index in [4.69, 9.17) is 0 Å². The molecule has 1 atom stereocenters. The van der Waals surface area contributed by atoms with E-state index < -0.39 is 28.2 Å².